The van der Waals surface area contributed by atoms with Gasteiger partial charge in [0.15, 0.2) is 0 Å². The predicted octanol–water partition coefficient (Wildman–Crippen LogP) is 3.35. The van der Waals surface area contributed by atoms with Gasteiger partial charge in [-0.3, -0.25) is 0 Å². The lowest BCUT2D eigenvalue weighted by atomic mass is 10.1. The van der Waals surface area contributed by atoms with Crippen molar-refractivity contribution in [2.24, 2.45) is 7.05 Å². The molecule has 0 bridgehead atoms. The molecular formula is C14H17F3N2. The average molecular weight is 270 g/mol. The number of fused-ring (bicyclic) bond motifs is 1. The summed E-state index contributed by atoms with van der Waals surface area (Å²) in [6, 6.07) is 6.11. The molecule has 104 valence electrons. The van der Waals surface area contributed by atoms with Crippen molar-refractivity contribution >= 4 is 10.9 Å². The minimum absolute atomic E-state index is 0.282. The van der Waals surface area contributed by atoms with Crippen molar-refractivity contribution < 1.29 is 13.2 Å². The number of nitrogens with one attached hydrogen (secondary N) is 1. The fraction of sp³-hybridized carbons (Fsp3) is 0.429. The van der Waals surface area contributed by atoms with Crippen LogP contribution in [0.5, 0.6) is 0 Å². The lowest BCUT2D eigenvalue weighted by molar-refractivity contribution is -0.137. The molecule has 0 saturated carbocycles. The van der Waals surface area contributed by atoms with E-state index in [0.717, 1.165) is 23.6 Å². The number of likely N-dealkylation sites (N-methyl/N-ethyl adjacent to an activating group) is 1. The maximum Gasteiger partial charge on any atom is 0.416 e. The summed E-state index contributed by atoms with van der Waals surface area (Å²) in [4.78, 5) is 0. The topological polar surface area (TPSA) is 17.0 Å². The number of benzene rings is 1. The van der Waals surface area contributed by atoms with E-state index in [1.54, 1.807) is 7.05 Å². The van der Waals surface area contributed by atoms with Gasteiger partial charge >= 0.3 is 6.18 Å². The molecule has 1 aromatic heterocycles. The first-order valence-corrected chi connectivity index (χ1v) is 6.15. The van der Waals surface area contributed by atoms with Crippen molar-refractivity contribution in [3.8, 4) is 0 Å². The van der Waals surface area contributed by atoms with Crippen molar-refractivity contribution in [1.29, 1.82) is 0 Å². The van der Waals surface area contributed by atoms with Crippen LogP contribution in [0, 0.1) is 0 Å². The van der Waals surface area contributed by atoms with Crippen molar-refractivity contribution in [1.82, 2.24) is 9.88 Å². The third kappa shape index (κ3) is 2.76. The van der Waals surface area contributed by atoms with Crippen LogP contribution >= 0.6 is 0 Å². The van der Waals surface area contributed by atoms with Gasteiger partial charge < -0.3 is 9.88 Å². The predicted molar refractivity (Wildman–Crippen MR) is 70.1 cm³/mol. The molecule has 1 unspecified atom stereocenters. The molecule has 1 N–H and O–H groups in total. The second kappa shape index (κ2) is 4.89. The molecule has 1 atom stereocenters. The molecule has 2 aromatic rings. The Morgan fingerprint density at radius 3 is 2.53 bits per heavy atom. The highest BCUT2D eigenvalue weighted by Crippen LogP contribution is 2.32. The van der Waals surface area contributed by atoms with Crippen molar-refractivity contribution in [3.63, 3.8) is 0 Å². The van der Waals surface area contributed by atoms with Crippen LogP contribution in [-0.4, -0.2) is 17.7 Å². The molecule has 1 heterocycles. The molecule has 2 rings (SSSR count). The minimum atomic E-state index is -4.29. The molecule has 0 aliphatic rings. The smallest absolute Gasteiger partial charge is 0.348 e. The number of hydrogen-bond acceptors (Lipinski definition) is 1. The SMILES string of the molecule is CNC(C)Cc1cc2ccc(C(F)(F)F)cc2n1C. The second-order valence-corrected chi connectivity index (χ2v) is 4.86. The highest BCUT2D eigenvalue weighted by Gasteiger charge is 2.30. The normalized spacial score (nSPS) is 14.0. The standard InChI is InChI=1S/C14H17F3N2/c1-9(18-2)6-12-7-10-4-5-11(14(15,16)17)8-13(10)19(12)3/h4-5,7-9,18H,6H2,1-3H3. The Bertz CT molecular complexity index is 584. The molecule has 19 heavy (non-hydrogen) atoms. The van der Waals surface area contributed by atoms with Crippen LogP contribution in [0.1, 0.15) is 18.2 Å². The van der Waals surface area contributed by atoms with Crippen LogP contribution in [0.3, 0.4) is 0 Å². The summed E-state index contributed by atoms with van der Waals surface area (Å²) >= 11 is 0. The number of halogens is 3. The van der Waals surface area contributed by atoms with Gasteiger partial charge in [-0.05, 0) is 37.6 Å². The van der Waals surface area contributed by atoms with E-state index < -0.39 is 11.7 Å². The van der Waals surface area contributed by atoms with E-state index in [2.05, 4.69) is 5.32 Å². The summed E-state index contributed by atoms with van der Waals surface area (Å²) < 4.78 is 39.9. The lowest BCUT2D eigenvalue weighted by Gasteiger charge is -2.11. The minimum Gasteiger partial charge on any atom is -0.348 e. The Kier molecular flexibility index (Phi) is 3.58. The first kappa shape index (κ1) is 13.9. The van der Waals surface area contributed by atoms with E-state index in [-0.39, 0.29) is 6.04 Å². The Morgan fingerprint density at radius 1 is 1.26 bits per heavy atom. The van der Waals surface area contributed by atoms with E-state index >= 15 is 0 Å². The maximum atomic E-state index is 12.7. The molecule has 0 saturated heterocycles. The molecule has 0 fully saturated rings. The maximum absolute atomic E-state index is 12.7. The molecule has 0 amide bonds. The van der Waals surface area contributed by atoms with Gasteiger partial charge in [-0.2, -0.15) is 13.2 Å². The molecular weight excluding hydrogens is 253 g/mol. The Balaban J connectivity index is 2.46. The van der Waals surface area contributed by atoms with Crippen LogP contribution in [0.2, 0.25) is 0 Å². The van der Waals surface area contributed by atoms with E-state index in [1.165, 1.54) is 12.1 Å². The van der Waals surface area contributed by atoms with Crippen molar-refractivity contribution in [3.05, 3.63) is 35.5 Å². The summed E-state index contributed by atoms with van der Waals surface area (Å²) in [5, 5.41) is 3.97. The Morgan fingerprint density at radius 2 is 1.95 bits per heavy atom. The monoisotopic (exact) mass is 270 g/mol. The van der Waals surface area contributed by atoms with E-state index in [4.69, 9.17) is 0 Å². The molecule has 0 aliphatic heterocycles. The molecule has 1 aromatic carbocycles. The number of aromatic nitrogens is 1. The summed E-state index contributed by atoms with van der Waals surface area (Å²) in [5.41, 5.74) is 1.04. The van der Waals surface area contributed by atoms with Crippen LogP contribution in [0.15, 0.2) is 24.3 Å². The molecule has 0 spiro atoms. The van der Waals surface area contributed by atoms with Crippen LogP contribution in [0.4, 0.5) is 13.2 Å². The zero-order valence-corrected chi connectivity index (χ0v) is 11.2. The fourth-order valence-electron chi connectivity index (χ4n) is 2.18. The zero-order chi connectivity index (χ0) is 14.2. The number of nitrogens with zero attached hydrogens (tertiary/aromatic N) is 1. The third-order valence-electron chi connectivity index (χ3n) is 3.48. The van der Waals surface area contributed by atoms with Gasteiger partial charge in [0.2, 0.25) is 0 Å². The van der Waals surface area contributed by atoms with Crippen molar-refractivity contribution in [2.75, 3.05) is 7.05 Å². The third-order valence-corrected chi connectivity index (χ3v) is 3.48. The van der Waals surface area contributed by atoms with E-state index in [1.807, 2.05) is 24.6 Å². The molecule has 2 nitrogen and oxygen atoms in total. The Hall–Kier alpha value is -1.49. The molecule has 0 aliphatic carbocycles. The van der Waals surface area contributed by atoms with Gasteiger partial charge in [-0.15, -0.1) is 0 Å². The highest BCUT2D eigenvalue weighted by atomic mass is 19.4. The zero-order valence-electron chi connectivity index (χ0n) is 11.2. The van der Waals surface area contributed by atoms with Crippen LogP contribution in [0.25, 0.3) is 10.9 Å². The lowest BCUT2D eigenvalue weighted by Crippen LogP contribution is -2.24. The first-order valence-electron chi connectivity index (χ1n) is 6.15. The summed E-state index contributed by atoms with van der Waals surface area (Å²) in [7, 11) is 3.68. The summed E-state index contributed by atoms with van der Waals surface area (Å²) in [5.74, 6) is 0. The van der Waals surface area contributed by atoms with Gasteiger partial charge in [0.25, 0.3) is 0 Å². The van der Waals surface area contributed by atoms with Crippen LogP contribution < -0.4 is 5.32 Å². The van der Waals surface area contributed by atoms with Crippen LogP contribution in [-0.2, 0) is 19.6 Å². The summed E-state index contributed by atoms with van der Waals surface area (Å²) in [6.07, 6.45) is -3.51. The first-order chi connectivity index (χ1) is 8.82. The van der Waals surface area contributed by atoms with Gasteiger partial charge in [0.05, 0.1) is 5.56 Å². The second-order valence-electron chi connectivity index (χ2n) is 4.86. The number of aryl methyl sites for hydroxylation is 1. The number of alkyl halides is 3. The number of rotatable bonds is 3. The number of hydrogen-bond donors (Lipinski definition) is 1. The highest BCUT2D eigenvalue weighted by molar-refractivity contribution is 5.82. The van der Waals surface area contributed by atoms with E-state index in [9.17, 15) is 13.2 Å². The van der Waals surface area contributed by atoms with Gasteiger partial charge in [0, 0.05) is 30.7 Å². The van der Waals surface area contributed by atoms with Gasteiger partial charge in [-0.1, -0.05) is 6.07 Å². The van der Waals surface area contributed by atoms with E-state index in [0.29, 0.717) is 5.52 Å². The Labute approximate surface area is 110 Å². The van der Waals surface area contributed by atoms with Crippen molar-refractivity contribution in [2.45, 2.75) is 25.6 Å². The largest absolute Gasteiger partial charge is 0.416 e. The van der Waals surface area contributed by atoms with Gasteiger partial charge in [-0.25, -0.2) is 0 Å². The quantitative estimate of drug-likeness (QED) is 0.905. The summed E-state index contributed by atoms with van der Waals surface area (Å²) in [6.45, 7) is 2.04. The fourth-order valence-corrected chi connectivity index (χ4v) is 2.18. The average Bonchev–Trinajstić information content (AvgIpc) is 2.65. The molecule has 0 radical (unpaired) electrons. The van der Waals surface area contributed by atoms with Gasteiger partial charge in [0.1, 0.15) is 0 Å². The molecule has 5 heteroatoms.